The number of rotatable bonds is 6. The van der Waals surface area contributed by atoms with Crippen molar-refractivity contribution in [3.05, 3.63) is 65.2 Å². The molecule has 0 aromatic heterocycles. The second-order valence-electron chi connectivity index (χ2n) is 5.89. The van der Waals surface area contributed by atoms with Gasteiger partial charge < -0.3 is 4.90 Å². The first-order chi connectivity index (χ1) is 11.7. The minimum atomic E-state index is -3.66. The van der Waals surface area contributed by atoms with Crippen LogP contribution >= 0.6 is 11.6 Å². The van der Waals surface area contributed by atoms with Gasteiger partial charge in [-0.05, 0) is 30.7 Å². The van der Waals surface area contributed by atoms with Crippen LogP contribution in [-0.2, 0) is 21.4 Å². The number of hydrogen-bond donors (Lipinski definition) is 0. The first kappa shape index (κ1) is 19.3. The van der Waals surface area contributed by atoms with E-state index in [2.05, 4.69) is 0 Å². The second-order valence-corrected chi connectivity index (χ2v) is 8.19. The van der Waals surface area contributed by atoms with E-state index >= 15 is 0 Å². The molecule has 0 aliphatic heterocycles. The molecule has 7 heteroatoms. The normalized spacial score (nSPS) is 12.5. The molecule has 2 aromatic rings. The molecule has 0 fully saturated rings. The molecular weight excluding hydrogens is 360 g/mol. The Morgan fingerprint density at radius 3 is 2.32 bits per heavy atom. The quantitative estimate of drug-likeness (QED) is 0.773. The van der Waals surface area contributed by atoms with Crippen LogP contribution in [0.25, 0.3) is 0 Å². The Kier molecular flexibility index (Phi) is 6.08. The summed E-state index contributed by atoms with van der Waals surface area (Å²) in [4.78, 5) is 14.3. The van der Waals surface area contributed by atoms with E-state index in [9.17, 15) is 13.2 Å². The van der Waals surface area contributed by atoms with Crippen molar-refractivity contribution in [1.29, 1.82) is 0 Å². The van der Waals surface area contributed by atoms with Gasteiger partial charge in [0.05, 0.1) is 11.9 Å². The SMILES string of the molecule is C[C@@H](C(=O)N(C)Cc1ccccc1)N(c1cccc(Cl)c1)S(C)(=O)=O. The summed E-state index contributed by atoms with van der Waals surface area (Å²) in [7, 11) is -2.00. The number of likely N-dealkylation sites (N-methyl/N-ethyl adjacent to an activating group) is 1. The standard InChI is InChI=1S/C18H21ClN2O3S/c1-14(18(22)20(2)13-15-8-5-4-6-9-15)21(25(3,23)24)17-11-7-10-16(19)12-17/h4-12,14H,13H2,1-3H3/t14-/m0/s1. The third kappa shape index (κ3) is 4.96. The average molecular weight is 381 g/mol. The Balaban J connectivity index is 2.27. The van der Waals surface area contributed by atoms with E-state index in [4.69, 9.17) is 11.6 Å². The van der Waals surface area contributed by atoms with Crippen LogP contribution in [0.4, 0.5) is 5.69 Å². The lowest BCUT2D eigenvalue weighted by Gasteiger charge is -2.31. The van der Waals surface area contributed by atoms with Gasteiger partial charge >= 0.3 is 0 Å². The molecule has 0 N–H and O–H groups in total. The van der Waals surface area contributed by atoms with Gasteiger partial charge in [-0.1, -0.05) is 48.0 Å². The van der Waals surface area contributed by atoms with Crippen LogP contribution in [0, 0.1) is 0 Å². The molecule has 0 saturated heterocycles. The molecule has 0 unspecified atom stereocenters. The summed E-state index contributed by atoms with van der Waals surface area (Å²) < 4.78 is 25.7. The largest absolute Gasteiger partial charge is 0.340 e. The fourth-order valence-corrected chi connectivity index (χ4v) is 4.02. The topological polar surface area (TPSA) is 57.7 Å². The van der Waals surface area contributed by atoms with Crippen molar-refractivity contribution in [1.82, 2.24) is 4.90 Å². The molecule has 0 spiro atoms. The average Bonchev–Trinajstić information content (AvgIpc) is 2.54. The van der Waals surface area contributed by atoms with Crippen molar-refractivity contribution in [3.8, 4) is 0 Å². The van der Waals surface area contributed by atoms with Crippen molar-refractivity contribution >= 4 is 33.2 Å². The molecule has 0 heterocycles. The molecule has 0 saturated carbocycles. The fraction of sp³-hybridized carbons (Fsp3) is 0.278. The van der Waals surface area contributed by atoms with Crippen molar-refractivity contribution in [2.45, 2.75) is 19.5 Å². The molecule has 1 atom stereocenters. The fourth-order valence-electron chi connectivity index (χ4n) is 2.67. The van der Waals surface area contributed by atoms with E-state index in [0.29, 0.717) is 17.3 Å². The Morgan fingerprint density at radius 2 is 1.76 bits per heavy atom. The van der Waals surface area contributed by atoms with Crippen LogP contribution in [0.15, 0.2) is 54.6 Å². The number of carbonyl (C=O) groups excluding carboxylic acids is 1. The Labute approximate surface area is 153 Å². The zero-order valence-corrected chi connectivity index (χ0v) is 16.0. The van der Waals surface area contributed by atoms with Crippen molar-refractivity contribution in [2.24, 2.45) is 0 Å². The van der Waals surface area contributed by atoms with Crippen LogP contribution in [-0.4, -0.2) is 38.6 Å². The molecule has 2 rings (SSSR count). The van der Waals surface area contributed by atoms with E-state index in [0.717, 1.165) is 16.1 Å². The molecule has 0 aliphatic carbocycles. The maximum absolute atomic E-state index is 12.8. The number of nitrogens with zero attached hydrogens (tertiary/aromatic N) is 2. The van der Waals surface area contributed by atoms with Gasteiger partial charge in [0, 0.05) is 18.6 Å². The summed E-state index contributed by atoms with van der Waals surface area (Å²) in [6.07, 6.45) is 1.08. The third-order valence-electron chi connectivity index (χ3n) is 3.77. The van der Waals surface area contributed by atoms with Gasteiger partial charge in [-0.15, -0.1) is 0 Å². The molecule has 25 heavy (non-hydrogen) atoms. The van der Waals surface area contributed by atoms with E-state index in [1.54, 1.807) is 32.2 Å². The number of carbonyl (C=O) groups is 1. The predicted molar refractivity (Wildman–Crippen MR) is 101 cm³/mol. The maximum atomic E-state index is 12.8. The molecule has 5 nitrogen and oxygen atoms in total. The maximum Gasteiger partial charge on any atom is 0.246 e. The summed E-state index contributed by atoms with van der Waals surface area (Å²) in [5.41, 5.74) is 1.34. The number of hydrogen-bond acceptors (Lipinski definition) is 3. The zero-order chi connectivity index (χ0) is 18.6. The van der Waals surface area contributed by atoms with Gasteiger partial charge in [0.25, 0.3) is 0 Å². The molecular formula is C18H21ClN2O3S. The Morgan fingerprint density at radius 1 is 1.12 bits per heavy atom. The summed E-state index contributed by atoms with van der Waals surface area (Å²) >= 11 is 5.98. The van der Waals surface area contributed by atoms with Gasteiger partial charge in [-0.25, -0.2) is 8.42 Å². The highest BCUT2D eigenvalue weighted by Gasteiger charge is 2.31. The molecule has 0 bridgehead atoms. The second kappa shape index (κ2) is 7.89. The molecule has 0 radical (unpaired) electrons. The van der Waals surface area contributed by atoms with E-state index < -0.39 is 16.1 Å². The van der Waals surface area contributed by atoms with Crippen LogP contribution in [0.3, 0.4) is 0 Å². The highest BCUT2D eigenvalue weighted by Crippen LogP contribution is 2.25. The highest BCUT2D eigenvalue weighted by atomic mass is 35.5. The minimum Gasteiger partial charge on any atom is -0.340 e. The van der Waals surface area contributed by atoms with Crippen molar-refractivity contribution in [2.75, 3.05) is 17.6 Å². The molecule has 0 aliphatic rings. The number of benzene rings is 2. The van der Waals surface area contributed by atoms with Crippen LogP contribution in [0.1, 0.15) is 12.5 Å². The summed E-state index contributed by atoms with van der Waals surface area (Å²) in [6.45, 7) is 1.98. The number of amides is 1. The summed E-state index contributed by atoms with van der Waals surface area (Å²) in [6, 6.07) is 15.1. The number of sulfonamides is 1. The van der Waals surface area contributed by atoms with Crippen LogP contribution < -0.4 is 4.31 Å². The Bertz CT molecular complexity index is 840. The molecule has 1 amide bonds. The minimum absolute atomic E-state index is 0.297. The third-order valence-corrected chi connectivity index (χ3v) is 5.24. The van der Waals surface area contributed by atoms with Gasteiger partial charge in [-0.3, -0.25) is 9.10 Å². The van der Waals surface area contributed by atoms with E-state index in [-0.39, 0.29) is 5.91 Å². The lowest BCUT2D eigenvalue weighted by atomic mass is 10.2. The number of halogens is 1. The van der Waals surface area contributed by atoms with E-state index in [1.165, 1.54) is 11.0 Å². The van der Waals surface area contributed by atoms with Crippen LogP contribution in [0.2, 0.25) is 5.02 Å². The van der Waals surface area contributed by atoms with Gasteiger partial charge in [0.15, 0.2) is 0 Å². The van der Waals surface area contributed by atoms with Gasteiger partial charge in [-0.2, -0.15) is 0 Å². The van der Waals surface area contributed by atoms with Crippen molar-refractivity contribution in [3.63, 3.8) is 0 Å². The Hall–Kier alpha value is -2.05. The molecule has 134 valence electrons. The number of anilines is 1. The lowest BCUT2D eigenvalue weighted by Crippen LogP contribution is -2.48. The zero-order valence-electron chi connectivity index (χ0n) is 14.4. The van der Waals surface area contributed by atoms with Gasteiger partial charge in [0.2, 0.25) is 15.9 Å². The van der Waals surface area contributed by atoms with Crippen molar-refractivity contribution < 1.29 is 13.2 Å². The van der Waals surface area contributed by atoms with Gasteiger partial charge in [0.1, 0.15) is 6.04 Å². The lowest BCUT2D eigenvalue weighted by molar-refractivity contribution is -0.131. The monoisotopic (exact) mass is 380 g/mol. The smallest absolute Gasteiger partial charge is 0.246 e. The van der Waals surface area contributed by atoms with E-state index in [1.807, 2.05) is 30.3 Å². The first-order valence-electron chi connectivity index (χ1n) is 7.74. The van der Waals surface area contributed by atoms with Crippen LogP contribution in [0.5, 0.6) is 0 Å². The molecule has 2 aromatic carbocycles. The predicted octanol–water partition coefficient (Wildman–Crippen LogP) is 3.15. The summed E-state index contributed by atoms with van der Waals surface area (Å²) in [5, 5.41) is 0.406. The highest BCUT2D eigenvalue weighted by molar-refractivity contribution is 7.92. The first-order valence-corrected chi connectivity index (χ1v) is 9.96. The summed E-state index contributed by atoms with van der Waals surface area (Å²) in [5.74, 6) is -0.297.